The molecule has 0 aromatic heterocycles. The number of fused-ring (bicyclic) bond motifs is 1. The molecule has 0 fully saturated rings. The molecule has 0 unspecified atom stereocenters. The monoisotopic (exact) mass is 286 g/mol. The summed E-state index contributed by atoms with van der Waals surface area (Å²) in [6, 6.07) is 9.23. The zero-order valence-electron chi connectivity index (χ0n) is 10.6. The van der Waals surface area contributed by atoms with Gasteiger partial charge in [-0.1, -0.05) is 24.3 Å². The van der Waals surface area contributed by atoms with E-state index in [9.17, 15) is 19.5 Å². The molecule has 0 aliphatic rings. The SMILES string of the molecule is O=C(O)/C=C\C(=O)OC(=O)c1ccc(O)c2ccccc12. The Labute approximate surface area is 118 Å². The Balaban J connectivity index is 2.30. The summed E-state index contributed by atoms with van der Waals surface area (Å²) >= 11 is 0. The van der Waals surface area contributed by atoms with E-state index in [1.54, 1.807) is 24.3 Å². The lowest BCUT2D eigenvalue weighted by atomic mass is 10.0. The molecule has 2 rings (SSSR count). The number of esters is 2. The highest BCUT2D eigenvalue weighted by molar-refractivity contribution is 6.10. The van der Waals surface area contributed by atoms with Crippen molar-refractivity contribution in [3.63, 3.8) is 0 Å². The van der Waals surface area contributed by atoms with E-state index in [-0.39, 0.29) is 11.3 Å². The number of phenolic OH excluding ortho intramolecular Hbond substituents is 1. The third kappa shape index (κ3) is 3.24. The van der Waals surface area contributed by atoms with E-state index in [1.165, 1.54) is 12.1 Å². The molecule has 2 aromatic rings. The Morgan fingerprint density at radius 2 is 1.62 bits per heavy atom. The minimum Gasteiger partial charge on any atom is -0.507 e. The quantitative estimate of drug-likeness (QED) is 0.507. The molecule has 6 heteroatoms. The molecule has 0 amide bonds. The van der Waals surface area contributed by atoms with Gasteiger partial charge >= 0.3 is 17.9 Å². The van der Waals surface area contributed by atoms with E-state index < -0.39 is 17.9 Å². The van der Waals surface area contributed by atoms with E-state index in [1.807, 2.05) is 0 Å². The van der Waals surface area contributed by atoms with Crippen LogP contribution in [0.2, 0.25) is 0 Å². The fourth-order valence-corrected chi connectivity index (χ4v) is 1.78. The first-order chi connectivity index (χ1) is 9.99. The zero-order chi connectivity index (χ0) is 15.4. The zero-order valence-corrected chi connectivity index (χ0v) is 10.6. The first-order valence-corrected chi connectivity index (χ1v) is 5.87. The average molecular weight is 286 g/mol. The highest BCUT2D eigenvalue weighted by atomic mass is 16.6. The van der Waals surface area contributed by atoms with Gasteiger partial charge in [0, 0.05) is 17.5 Å². The summed E-state index contributed by atoms with van der Waals surface area (Å²) in [6.45, 7) is 0. The van der Waals surface area contributed by atoms with Crippen molar-refractivity contribution in [1.29, 1.82) is 0 Å². The summed E-state index contributed by atoms with van der Waals surface area (Å²) in [5.74, 6) is -3.33. The first-order valence-electron chi connectivity index (χ1n) is 5.87. The molecule has 0 aliphatic heterocycles. The fourth-order valence-electron chi connectivity index (χ4n) is 1.78. The maximum atomic E-state index is 11.9. The van der Waals surface area contributed by atoms with Crippen LogP contribution in [0.25, 0.3) is 10.8 Å². The Bertz CT molecular complexity index is 760. The van der Waals surface area contributed by atoms with Crippen molar-refractivity contribution in [2.45, 2.75) is 0 Å². The maximum Gasteiger partial charge on any atom is 0.346 e. The van der Waals surface area contributed by atoms with Crippen LogP contribution in [0, 0.1) is 0 Å². The minimum absolute atomic E-state index is 0.000695. The van der Waals surface area contributed by atoms with Crippen LogP contribution in [0.3, 0.4) is 0 Å². The highest BCUT2D eigenvalue weighted by Gasteiger charge is 2.15. The second kappa shape index (κ2) is 5.87. The Morgan fingerprint density at radius 3 is 2.29 bits per heavy atom. The van der Waals surface area contributed by atoms with Crippen LogP contribution in [-0.4, -0.2) is 28.1 Å². The Hall–Kier alpha value is -3.15. The summed E-state index contributed by atoms with van der Waals surface area (Å²) in [4.78, 5) is 33.5. The summed E-state index contributed by atoms with van der Waals surface area (Å²) in [5.41, 5.74) is 0.0977. The van der Waals surface area contributed by atoms with Gasteiger partial charge in [-0.25, -0.2) is 14.4 Å². The highest BCUT2D eigenvalue weighted by Crippen LogP contribution is 2.27. The smallest absolute Gasteiger partial charge is 0.346 e. The van der Waals surface area contributed by atoms with Crippen molar-refractivity contribution in [1.82, 2.24) is 0 Å². The number of hydrogen-bond donors (Lipinski definition) is 2. The lowest BCUT2D eigenvalue weighted by Crippen LogP contribution is -2.11. The molecule has 21 heavy (non-hydrogen) atoms. The summed E-state index contributed by atoms with van der Waals surface area (Å²) in [7, 11) is 0. The number of carbonyl (C=O) groups is 3. The molecule has 106 valence electrons. The number of phenols is 1. The van der Waals surface area contributed by atoms with Crippen LogP contribution >= 0.6 is 0 Å². The molecule has 0 bridgehead atoms. The van der Waals surface area contributed by atoms with Gasteiger partial charge in [-0.2, -0.15) is 0 Å². The molecule has 0 saturated carbocycles. The number of rotatable bonds is 3. The number of hydrogen-bond acceptors (Lipinski definition) is 5. The van der Waals surface area contributed by atoms with Crippen molar-refractivity contribution < 1.29 is 29.3 Å². The van der Waals surface area contributed by atoms with Crippen molar-refractivity contribution >= 4 is 28.7 Å². The van der Waals surface area contributed by atoms with E-state index in [2.05, 4.69) is 4.74 Å². The molecular weight excluding hydrogens is 276 g/mol. The lowest BCUT2D eigenvalue weighted by molar-refractivity contribution is -0.134. The van der Waals surface area contributed by atoms with Crippen molar-refractivity contribution in [2.75, 3.05) is 0 Å². The van der Waals surface area contributed by atoms with Crippen LogP contribution in [0.15, 0.2) is 48.6 Å². The third-order valence-corrected chi connectivity index (χ3v) is 2.68. The molecule has 0 saturated heterocycles. The minimum atomic E-state index is -1.32. The van der Waals surface area contributed by atoms with Gasteiger partial charge in [0.1, 0.15) is 5.75 Å². The summed E-state index contributed by atoms with van der Waals surface area (Å²) < 4.78 is 4.53. The molecule has 2 N–H and O–H groups in total. The van der Waals surface area contributed by atoms with Gasteiger partial charge in [0.25, 0.3) is 0 Å². The largest absolute Gasteiger partial charge is 0.507 e. The normalized spacial score (nSPS) is 10.7. The lowest BCUT2D eigenvalue weighted by Gasteiger charge is -2.06. The van der Waals surface area contributed by atoms with Crippen molar-refractivity contribution in [3.05, 3.63) is 54.1 Å². The second-order valence-corrected chi connectivity index (χ2v) is 4.06. The van der Waals surface area contributed by atoms with Crippen molar-refractivity contribution in [3.8, 4) is 5.75 Å². The summed E-state index contributed by atoms with van der Waals surface area (Å²) in [5, 5.41) is 19.0. The second-order valence-electron chi connectivity index (χ2n) is 4.06. The molecule has 0 heterocycles. The van der Waals surface area contributed by atoms with Crippen LogP contribution in [0.4, 0.5) is 0 Å². The molecule has 0 spiro atoms. The topological polar surface area (TPSA) is 101 Å². The van der Waals surface area contributed by atoms with E-state index >= 15 is 0 Å². The first kappa shape index (κ1) is 14.3. The van der Waals surface area contributed by atoms with Crippen LogP contribution < -0.4 is 0 Å². The standard InChI is InChI=1S/C15H10O6/c16-12-6-5-11(9-3-1-2-4-10(9)12)15(20)21-14(19)8-7-13(17)18/h1-8,16H,(H,17,18)/b8-7-. The third-order valence-electron chi connectivity index (χ3n) is 2.68. The number of carbonyl (C=O) groups excluding carboxylic acids is 2. The van der Waals surface area contributed by atoms with Crippen molar-refractivity contribution in [2.24, 2.45) is 0 Å². The van der Waals surface area contributed by atoms with Gasteiger partial charge < -0.3 is 14.9 Å². The Morgan fingerprint density at radius 1 is 0.952 bits per heavy atom. The number of ether oxygens (including phenoxy) is 1. The van der Waals surface area contributed by atoms with Crippen LogP contribution in [0.5, 0.6) is 5.75 Å². The number of aliphatic carboxylic acids is 1. The molecule has 0 atom stereocenters. The number of benzene rings is 2. The molecule has 0 aliphatic carbocycles. The average Bonchev–Trinajstić information content (AvgIpc) is 2.45. The van der Waals surface area contributed by atoms with Gasteiger partial charge in [0.2, 0.25) is 0 Å². The number of carboxylic acid groups (broad SMARTS) is 1. The molecule has 6 nitrogen and oxygen atoms in total. The number of aromatic hydroxyl groups is 1. The van der Waals surface area contributed by atoms with Gasteiger partial charge in [-0.3, -0.25) is 0 Å². The van der Waals surface area contributed by atoms with E-state index in [4.69, 9.17) is 5.11 Å². The molecule has 0 radical (unpaired) electrons. The van der Waals surface area contributed by atoms with E-state index in [0.717, 1.165) is 0 Å². The van der Waals surface area contributed by atoms with Gasteiger partial charge in [0.05, 0.1) is 5.56 Å². The molecular formula is C15H10O6. The van der Waals surface area contributed by atoms with E-state index in [0.29, 0.717) is 22.9 Å². The predicted octanol–water partition coefficient (Wildman–Crippen LogP) is 1.87. The number of carboxylic acids is 1. The predicted molar refractivity (Wildman–Crippen MR) is 72.8 cm³/mol. The van der Waals surface area contributed by atoms with Gasteiger partial charge in [0.15, 0.2) is 0 Å². The Kier molecular flexibility index (Phi) is 3.99. The van der Waals surface area contributed by atoms with Crippen LogP contribution in [0.1, 0.15) is 10.4 Å². The fraction of sp³-hybridized carbons (Fsp3) is 0. The van der Waals surface area contributed by atoms with Gasteiger partial charge in [-0.15, -0.1) is 0 Å². The molecule has 2 aromatic carbocycles. The van der Waals surface area contributed by atoms with Crippen LogP contribution in [-0.2, 0) is 14.3 Å². The maximum absolute atomic E-state index is 11.9. The summed E-state index contributed by atoms with van der Waals surface area (Å²) in [6.07, 6.45) is 1.22. The van der Waals surface area contributed by atoms with Gasteiger partial charge in [-0.05, 0) is 17.5 Å².